The van der Waals surface area contributed by atoms with Gasteiger partial charge >= 0.3 is 5.92 Å². The van der Waals surface area contributed by atoms with Gasteiger partial charge in [0.1, 0.15) is 5.02 Å². The molecule has 3 aromatic heterocycles. The molecule has 0 radical (unpaired) electrons. The number of halogens is 3. The number of nitrogens with one attached hydrogen (secondary N) is 3. The number of carbonyl (C=O) groups is 2. The Kier molecular flexibility index (Phi) is 10.3. The maximum atomic E-state index is 15.2. The van der Waals surface area contributed by atoms with Gasteiger partial charge in [-0.25, -0.2) is 13.8 Å². The molecule has 1 saturated carbocycles. The zero-order valence-corrected chi connectivity index (χ0v) is 36.2. The summed E-state index contributed by atoms with van der Waals surface area (Å²) in [6.07, 6.45) is 6.90. The van der Waals surface area contributed by atoms with Crippen molar-refractivity contribution in [2.24, 2.45) is 31.8 Å². The van der Waals surface area contributed by atoms with Gasteiger partial charge in [-0.15, -0.1) is 0 Å². The molecule has 63 heavy (non-hydrogen) atoms. The molecular weight excluding hydrogens is 834 g/mol. The molecule has 2 amide bonds. The zero-order chi connectivity index (χ0) is 43.9. The number of fused-ring (bicyclic) bond motifs is 4. The SMILES string of the molecule is Cn1nc(C2CCC(=O)NC2=O)c2ccc(N3CCC(C(C)(O)C4CCN(c5ncc(Cl)c(Nc6ccc7c(c6)c6c(c(=O)n7C)OCC(F)(F)C(C7CC7)N6)n5)CC4)CC3)cc21. The Balaban J connectivity index is 0.789. The summed E-state index contributed by atoms with van der Waals surface area (Å²) in [7, 11) is 3.47. The second kappa shape index (κ2) is 15.6. The Morgan fingerprint density at radius 2 is 1.63 bits per heavy atom. The third kappa shape index (κ3) is 7.49. The highest BCUT2D eigenvalue weighted by atomic mass is 35.5. The van der Waals surface area contributed by atoms with Crippen molar-refractivity contribution in [1.29, 1.82) is 0 Å². The smallest absolute Gasteiger partial charge is 0.301 e. The second-order valence-corrected chi connectivity index (χ2v) is 18.7. The number of ether oxygens (including phenoxy) is 1. The zero-order valence-electron chi connectivity index (χ0n) is 35.5. The summed E-state index contributed by atoms with van der Waals surface area (Å²) in [6.45, 7) is 4.03. The Bertz CT molecular complexity index is 2700. The number of carbonyl (C=O) groups excluding carboxylic acids is 2. The summed E-state index contributed by atoms with van der Waals surface area (Å²) >= 11 is 6.64. The van der Waals surface area contributed by atoms with Gasteiger partial charge in [-0.05, 0) is 106 Å². The van der Waals surface area contributed by atoms with Crippen LogP contribution in [-0.4, -0.2) is 91.6 Å². The first-order valence-electron chi connectivity index (χ1n) is 21.9. The number of aromatic nitrogens is 5. The van der Waals surface area contributed by atoms with Crippen molar-refractivity contribution >= 4 is 74.0 Å². The number of pyridine rings is 1. The number of aliphatic hydroxyl groups is 1. The standard InChI is InChI=1S/C45H51ClF2N10O5/c1-44(62,25-12-16-57(17-13-25)28-7-8-29-34(21-28)56(3)54-36(29)30-9-11-35(59)51-41(30)60)26-14-18-58(19-15-26)43-49-22-32(46)40(53-43)50-27-6-10-33-31(20-27)37-38(42(61)55(33)2)63-23-45(47,48)39(52-37)24-4-5-24/h6-8,10,20-22,24-26,30,39,52,62H,4-5,9,11-19,23H2,1-3H3,(H,49,50,53)(H,51,59,60). The molecular formula is C45H51ClF2N10O5. The fraction of sp³-hybridized carbons (Fsp3) is 0.511. The minimum atomic E-state index is -3.14. The highest BCUT2D eigenvalue weighted by Gasteiger charge is 2.51. The predicted octanol–water partition coefficient (Wildman–Crippen LogP) is 6.23. The molecule has 5 aliphatic rings. The Hall–Kier alpha value is -5.55. The Labute approximate surface area is 367 Å². The van der Waals surface area contributed by atoms with Crippen molar-refractivity contribution < 1.29 is 28.2 Å². The van der Waals surface area contributed by atoms with Gasteiger partial charge in [0.15, 0.2) is 12.4 Å². The van der Waals surface area contributed by atoms with Crippen molar-refractivity contribution in [3.8, 4) is 5.75 Å². The molecule has 7 heterocycles. The van der Waals surface area contributed by atoms with Gasteiger partial charge in [0.25, 0.3) is 5.56 Å². The lowest BCUT2D eigenvalue weighted by Gasteiger charge is -2.46. The van der Waals surface area contributed by atoms with Gasteiger partial charge < -0.3 is 34.8 Å². The second-order valence-electron chi connectivity index (χ2n) is 18.3. The predicted molar refractivity (Wildman–Crippen MR) is 236 cm³/mol. The molecule has 3 atom stereocenters. The van der Waals surface area contributed by atoms with Gasteiger partial charge in [-0.3, -0.25) is 24.4 Å². The number of alkyl halides is 2. The van der Waals surface area contributed by atoms with Gasteiger partial charge in [-0.2, -0.15) is 10.1 Å². The van der Waals surface area contributed by atoms with E-state index in [1.54, 1.807) is 31.4 Å². The fourth-order valence-electron chi connectivity index (χ4n) is 10.4. The van der Waals surface area contributed by atoms with E-state index < -0.39 is 35.6 Å². The molecule has 3 unspecified atom stereocenters. The van der Waals surface area contributed by atoms with E-state index in [0.29, 0.717) is 77.8 Å². The Morgan fingerprint density at radius 1 is 0.921 bits per heavy atom. The minimum Gasteiger partial charge on any atom is -0.480 e. The fourth-order valence-corrected chi connectivity index (χ4v) is 10.6. The van der Waals surface area contributed by atoms with Crippen LogP contribution in [0.4, 0.5) is 37.6 Å². The highest BCUT2D eigenvalue weighted by molar-refractivity contribution is 6.33. The van der Waals surface area contributed by atoms with Crippen molar-refractivity contribution in [1.82, 2.24) is 29.6 Å². The molecule has 332 valence electrons. The molecule has 4 fully saturated rings. The number of imide groups is 1. The minimum absolute atomic E-state index is 0.0902. The van der Waals surface area contributed by atoms with Crippen LogP contribution in [-0.2, 0) is 23.7 Å². The Morgan fingerprint density at radius 3 is 2.33 bits per heavy atom. The van der Waals surface area contributed by atoms with Crippen LogP contribution in [0.25, 0.3) is 21.8 Å². The molecule has 2 aromatic carbocycles. The van der Waals surface area contributed by atoms with Crippen LogP contribution in [0.2, 0.25) is 5.02 Å². The number of aryl methyl sites for hydroxylation is 2. The molecule has 4 aliphatic heterocycles. The quantitative estimate of drug-likeness (QED) is 0.130. The first kappa shape index (κ1) is 41.5. The molecule has 3 saturated heterocycles. The summed E-state index contributed by atoms with van der Waals surface area (Å²) in [5, 5.41) is 27.3. The summed E-state index contributed by atoms with van der Waals surface area (Å²) in [5.74, 6) is -3.35. The lowest BCUT2D eigenvalue weighted by molar-refractivity contribution is -0.134. The summed E-state index contributed by atoms with van der Waals surface area (Å²) in [4.78, 5) is 51.5. The topological polar surface area (TPSA) is 172 Å². The third-order valence-electron chi connectivity index (χ3n) is 14.3. The summed E-state index contributed by atoms with van der Waals surface area (Å²) in [5.41, 5.74) is 2.77. The molecule has 10 rings (SSSR count). The van der Waals surface area contributed by atoms with E-state index in [9.17, 15) is 19.5 Å². The van der Waals surface area contributed by atoms with Crippen LogP contribution in [0, 0.1) is 17.8 Å². The largest absolute Gasteiger partial charge is 0.480 e. The van der Waals surface area contributed by atoms with Crippen LogP contribution >= 0.6 is 11.6 Å². The molecule has 5 aromatic rings. The summed E-state index contributed by atoms with van der Waals surface area (Å²) < 4.78 is 39.1. The van der Waals surface area contributed by atoms with Crippen molar-refractivity contribution in [2.45, 2.75) is 81.8 Å². The van der Waals surface area contributed by atoms with Crippen LogP contribution in [0.15, 0.2) is 47.4 Å². The average molecular weight is 885 g/mol. The third-order valence-corrected chi connectivity index (χ3v) is 14.6. The van der Waals surface area contributed by atoms with E-state index in [0.717, 1.165) is 55.4 Å². The van der Waals surface area contributed by atoms with Crippen molar-refractivity contribution in [3.63, 3.8) is 0 Å². The molecule has 0 spiro atoms. The van der Waals surface area contributed by atoms with Gasteiger partial charge in [-0.1, -0.05) is 11.6 Å². The van der Waals surface area contributed by atoms with Crippen molar-refractivity contribution in [3.05, 3.63) is 63.7 Å². The molecule has 15 nitrogen and oxygen atoms in total. The number of amides is 2. The van der Waals surface area contributed by atoms with Crippen LogP contribution < -0.4 is 36.0 Å². The first-order valence-corrected chi connectivity index (χ1v) is 22.3. The number of hydrogen-bond donors (Lipinski definition) is 4. The maximum absolute atomic E-state index is 15.2. The van der Waals surface area contributed by atoms with E-state index in [1.165, 1.54) is 4.57 Å². The number of benzene rings is 2. The summed E-state index contributed by atoms with van der Waals surface area (Å²) in [6, 6.07) is 10.4. The number of anilines is 5. The van der Waals surface area contributed by atoms with Crippen molar-refractivity contribution in [2.75, 3.05) is 53.2 Å². The first-order chi connectivity index (χ1) is 30.2. The number of piperidine rings is 3. The highest BCUT2D eigenvalue weighted by Crippen LogP contribution is 2.46. The average Bonchev–Trinajstić information content (AvgIpc) is 4.08. The van der Waals surface area contributed by atoms with Gasteiger partial charge in [0.2, 0.25) is 23.5 Å². The monoisotopic (exact) mass is 884 g/mol. The van der Waals surface area contributed by atoms with Crippen LogP contribution in [0.3, 0.4) is 0 Å². The lowest BCUT2D eigenvalue weighted by Crippen LogP contribution is -2.51. The van der Waals surface area contributed by atoms with Gasteiger partial charge in [0.05, 0.1) is 46.2 Å². The van der Waals surface area contributed by atoms with E-state index in [4.69, 9.17) is 26.4 Å². The molecule has 4 N–H and O–H groups in total. The van der Waals surface area contributed by atoms with E-state index in [2.05, 4.69) is 42.9 Å². The lowest BCUT2D eigenvalue weighted by atomic mass is 9.70. The molecule has 0 bridgehead atoms. The van der Waals surface area contributed by atoms with E-state index >= 15 is 8.78 Å². The molecule has 18 heteroatoms. The van der Waals surface area contributed by atoms with Crippen LogP contribution in [0.5, 0.6) is 5.75 Å². The number of nitrogens with zero attached hydrogens (tertiary/aromatic N) is 7. The van der Waals surface area contributed by atoms with Gasteiger partial charge in [0, 0.05) is 68.8 Å². The number of rotatable bonds is 8. The normalized spacial score (nSPS) is 23.2. The van der Waals surface area contributed by atoms with E-state index in [1.807, 2.05) is 24.7 Å². The van der Waals surface area contributed by atoms with E-state index in [-0.39, 0.29) is 41.0 Å². The maximum Gasteiger partial charge on any atom is 0.301 e. The molecule has 1 aliphatic carbocycles. The number of hydrogen-bond acceptors (Lipinski definition) is 12. The van der Waals surface area contributed by atoms with Crippen LogP contribution in [0.1, 0.15) is 69.9 Å².